The Labute approximate surface area is 211 Å². The molecule has 0 spiro atoms. The van der Waals surface area contributed by atoms with Crippen molar-refractivity contribution in [3.05, 3.63) is 77.5 Å². The minimum Gasteiger partial charge on any atom is -0.355 e. The molecule has 2 heterocycles. The van der Waals surface area contributed by atoms with E-state index in [-0.39, 0.29) is 0 Å². The van der Waals surface area contributed by atoms with Crippen LogP contribution in [0.15, 0.2) is 55.1 Å². The van der Waals surface area contributed by atoms with Crippen molar-refractivity contribution in [1.29, 1.82) is 0 Å². The number of nitrogens with zero attached hydrogens (tertiary/aromatic N) is 1. The number of nitrogens with one attached hydrogen (secondary N) is 3. The number of benzene rings is 2. The molecule has 0 aliphatic carbocycles. The molecule has 4 N–H and O–H groups in total. The van der Waals surface area contributed by atoms with Crippen molar-refractivity contribution in [2.75, 3.05) is 24.1 Å². The van der Waals surface area contributed by atoms with Gasteiger partial charge in [0.25, 0.3) is 5.91 Å². The molecule has 1 fully saturated rings. The van der Waals surface area contributed by atoms with Gasteiger partial charge in [-0.15, -0.1) is 0 Å². The monoisotopic (exact) mass is 508 g/mol. The minimum atomic E-state index is -3.35. The number of allylic oxidation sites excluding steroid dienone is 1. The third-order valence-corrected chi connectivity index (χ3v) is 7.11. The van der Waals surface area contributed by atoms with Crippen LogP contribution in [0.2, 0.25) is 0 Å². The van der Waals surface area contributed by atoms with Gasteiger partial charge in [0.2, 0.25) is 10.0 Å². The Kier molecular flexibility index (Phi) is 7.63. The summed E-state index contributed by atoms with van der Waals surface area (Å²) < 4.78 is 25.8. The predicted octanol–water partition coefficient (Wildman–Crippen LogP) is 4.47. The highest BCUT2D eigenvalue weighted by Crippen LogP contribution is 2.34. The van der Waals surface area contributed by atoms with Gasteiger partial charge in [0.15, 0.2) is 0 Å². The fourth-order valence-corrected chi connectivity index (χ4v) is 5.48. The Balaban J connectivity index is 1.51. The third-order valence-electron chi connectivity index (χ3n) is 6.51. The van der Waals surface area contributed by atoms with Gasteiger partial charge < -0.3 is 4.98 Å². The van der Waals surface area contributed by atoms with Crippen LogP contribution >= 0.6 is 0 Å². The van der Waals surface area contributed by atoms with Crippen molar-refractivity contribution in [2.24, 2.45) is 0 Å². The first kappa shape index (κ1) is 25.7. The lowest BCUT2D eigenvalue weighted by Crippen LogP contribution is -2.25. The maximum atomic E-state index is 11.6. The van der Waals surface area contributed by atoms with Gasteiger partial charge in [0.1, 0.15) is 0 Å². The van der Waals surface area contributed by atoms with Gasteiger partial charge in [0.05, 0.1) is 11.9 Å². The molecule has 1 amide bonds. The molecule has 4 rings (SSSR count). The van der Waals surface area contributed by atoms with Crippen molar-refractivity contribution in [1.82, 2.24) is 15.4 Å². The Morgan fingerprint density at radius 1 is 1.25 bits per heavy atom. The molecule has 9 heteroatoms. The zero-order chi connectivity index (χ0) is 25.9. The van der Waals surface area contributed by atoms with Crippen molar-refractivity contribution in [3.63, 3.8) is 0 Å². The molecule has 1 atom stereocenters. The van der Waals surface area contributed by atoms with Gasteiger partial charge >= 0.3 is 0 Å². The second-order valence-electron chi connectivity index (χ2n) is 9.31. The summed E-state index contributed by atoms with van der Waals surface area (Å²) in [6.45, 7) is 8.03. The normalized spacial score (nSPS) is 16.6. The van der Waals surface area contributed by atoms with Crippen LogP contribution in [0.25, 0.3) is 22.6 Å². The Morgan fingerprint density at radius 3 is 2.67 bits per heavy atom. The number of rotatable bonds is 9. The Bertz CT molecular complexity index is 1410. The predicted molar refractivity (Wildman–Crippen MR) is 144 cm³/mol. The molecule has 8 nitrogen and oxygen atoms in total. The number of aromatic nitrogens is 1. The maximum absolute atomic E-state index is 11.6. The molecule has 0 saturated carbocycles. The topological polar surface area (TPSA) is 115 Å². The highest BCUT2D eigenvalue weighted by atomic mass is 32.2. The summed E-state index contributed by atoms with van der Waals surface area (Å²) in [5, 5.41) is 9.69. The van der Waals surface area contributed by atoms with Crippen molar-refractivity contribution in [3.8, 4) is 0 Å². The lowest BCUT2D eigenvalue weighted by atomic mass is 10.0. The first-order valence-corrected chi connectivity index (χ1v) is 13.8. The number of fused-ring (bicyclic) bond motifs is 1. The standard InChI is InChI=1S/C27H32N4O4S/c1-18(2)27-23(22-12-11-21(17-24(22)28-27)30-36(3,34)35)14-16-31-15-4-5-25(31)20-9-6-19(7-10-20)8-13-26(32)29-33/h6-13,17,25,28,30,33H,1,4-5,14-16H2,2-3H3,(H,29,32)/b13-8+. The summed E-state index contributed by atoms with van der Waals surface area (Å²) in [4.78, 5) is 17.1. The number of H-pyrrole nitrogens is 1. The van der Waals surface area contributed by atoms with Gasteiger partial charge in [-0.3, -0.25) is 19.6 Å². The third kappa shape index (κ3) is 6.04. The molecule has 2 aromatic carbocycles. The van der Waals surface area contributed by atoms with E-state index >= 15 is 0 Å². The van der Waals surface area contributed by atoms with E-state index in [1.54, 1.807) is 17.6 Å². The van der Waals surface area contributed by atoms with E-state index in [1.165, 1.54) is 17.2 Å². The molecular formula is C27H32N4O4S. The fourth-order valence-electron chi connectivity index (χ4n) is 4.92. The van der Waals surface area contributed by atoms with Crippen LogP contribution in [0.4, 0.5) is 5.69 Å². The number of hydroxylamine groups is 1. The van der Waals surface area contributed by atoms with Crippen molar-refractivity contribution < 1.29 is 18.4 Å². The van der Waals surface area contributed by atoms with Crippen LogP contribution in [0.3, 0.4) is 0 Å². The molecule has 3 aromatic rings. The van der Waals surface area contributed by atoms with Crippen LogP contribution < -0.4 is 10.2 Å². The fraction of sp³-hybridized carbons (Fsp3) is 0.296. The van der Waals surface area contributed by atoms with Crippen LogP contribution in [0.5, 0.6) is 0 Å². The smallest absolute Gasteiger partial charge is 0.267 e. The summed E-state index contributed by atoms with van der Waals surface area (Å²) in [6, 6.07) is 14.1. The molecular weight excluding hydrogens is 476 g/mol. The molecule has 190 valence electrons. The zero-order valence-electron chi connectivity index (χ0n) is 20.5. The summed E-state index contributed by atoms with van der Waals surface area (Å²) in [5.41, 5.74) is 8.26. The van der Waals surface area contributed by atoms with Gasteiger partial charge in [-0.25, -0.2) is 13.9 Å². The van der Waals surface area contributed by atoms with Crippen molar-refractivity contribution >= 4 is 44.2 Å². The number of hydrogen-bond acceptors (Lipinski definition) is 5. The SMILES string of the molecule is C=C(C)c1[nH]c2cc(NS(C)(=O)=O)ccc2c1CCN1CCCC1c1ccc(/C=C/C(=O)NO)cc1. The second kappa shape index (κ2) is 10.7. The summed E-state index contributed by atoms with van der Waals surface area (Å²) in [6.07, 6.45) is 7.15. The van der Waals surface area contributed by atoms with Crippen LogP contribution in [0, 0.1) is 0 Å². The summed E-state index contributed by atoms with van der Waals surface area (Å²) >= 11 is 0. The lowest BCUT2D eigenvalue weighted by Gasteiger charge is -2.25. The Morgan fingerprint density at radius 2 is 2.00 bits per heavy atom. The van der Waals surface area contributed by atoms with Crippen LogP contribution in [0.1, 0.15) is 48.2 Å². The first-order chi connectivity index (χ1) is 17.1. The van der Waals surface area contributed by atoms with E-state index in [0.29, 0.717) is 11.7 Å². The van der Waals surface area contributed by atoms with Gasteiger partial charge in [-0.1, -0.05) is 36.9 Å². The first-order valence-electron chi connectivity index (χ1n) is 11.9. The number of amides is 1. The van der Waals surface area contributed by atoms with E-state index in [1.807, 2.05) is 31.2 Å². The summed E-state index contributed by atoms with van der Waals surface area (Å²) in [5.74, 6) is -0.560. The van der Waals surface area contributed by atoms with Gasteiger partial charge in [-0.05, 0) is 73.2 Å². The minimum absolute atomic E-state index is 0.327. The van der Waals surface area contributed by atoms with E-state index in [0.717, 1.165) is 66.3 Å². The van der Waals surface area contributed by atoms with E-state index in [4.69, 9.17) is 5.21 Å². The molecule has 36 heavy (non-hydrogen) atoms. The van der Waals surface area contributed by atoms with Gasteiger partial charge in [-0.2, -0.15) is 0 Å². The maximum Gasteiger partial charge on any atom is 0.267 e. The van der Waals surface area contributed by atoms with Crippen molar-refractivity contribution in [2.45, 2.75) is 32.2 Å². The van der Waals surface area contributed by atoms with Crippen LogP contribution in [-0.4, -0.2) is 48.8 Å². The molecule has 1 aliphatic heterocycles. The zero-order valence-corrected chi connectivity index (χ0v) is 21.4. The van der Waals surface area contributed by atoms with Crippen LogP contribution in [-0.2, 0) is 21.2 Å². The largest absolute Gasteiger partial charge is 0.355 e. The molecule has 1 aliphatic rings. The molecule has 1 saturated heterocycles. The molecule has 0 radical (unpaired) electrons. The molecule has 1 unspecified atom stereocenters. The quantitative estimate of drug-likeness (QED) is 0.193. The number of sulfonamides is 1. The molecule has 0 bridgehead atoms. The summed E-state index contributed by atoms with van der Waals surface area (Å²) in [7, 11) is -3.35. The highest BCUT2D eigenvalue weighted by Gasteiger charge is 2.26. The highest BCUT2D eigenvalue weighted by molar-refractivity contribution is 7.92. The lowest BCUT2D eigenvalue weighted by molar-refractivity contribution is -0.124. The number of anilines is 1. The number of carbonyl (C=O) groups is 1. The van der Waals surface area contributed by atoms with E-state index < -0.39 is 15.9 Å². The molecule has 1 aromatic heterocycles. The second-order valence-corrected chi connectivity index (χ2v) is 11.1. The number of aromatic amines is 1. The average Bonchev–Trinajstić information content (AvgIpc) is 3.44. The number of hydrogen-bond donors (Lipinski definition) is 4. The van der Waals surface area contributed by atoms with Gasteiger partial charge in [0, 0.05) is 35.3 Å². The number of carbonyl (C=O) groups excluding carboxylic acids is 1. The number of likely N-dealkylation sites (tertiary alicyclic amines) is 1. The van der Waals surface area contributed by atoms with E-state index in [9.17, 15) is 13.2 Å². The Hall–Kier alpha value is -3.40. The van der Waals surface area contributed by atoms with E-state index in [2.05, 4.69) is 33.3 Å². The average molecular weight is 509 g/mol.